The van der Waals surface area contributed by atoms with E-state index in [-0.39, 0.29) is 16.7 Å². The maximum absolute atomic E-state index is 13.5. The second-order valence-corrected chi connectivity index (χ2v) is 11.3. The summed E-state index contributed by atoms with van der Waals surface area (Å²) in [6.45, 7) is 5.85. The average Bonchev–Trinajstić information content (AvgIpc) is 2.81. The minimum atomic E-state index is -4.05. The molecule has 3 aromatic rings. The number of carbonyl (C=O) groups excluding carboxylic acids is 2. The van der Waals surface area contributed by atoms with Crippen LogP contribution in [0.2, 0.25) is 0 Å². The number of para-hydroxylation sites is 1. The van der Waals surface area contributed by atoms with Crippen LogP contribution in [0.25, 0.3) is 0 Å². The summed E-state index contributed by atoms with van der Waals surface area (Å²) in [5, 5.41) is 5.54. The number of benzene rings is 3. The lowest BCUT2D eigenvalue weighted by Gasteiger charge is -2.24. The second-order valence-electron chi connectivity index (χ2n) is 8.50. The second kappa shape index (κ2) is 11.5. The normalized spacial score (nSPS) is 11.2. The van der Waals surface area contributed by atoms with Gasteiger partial charge in [-0.25, -0.2) is 8.42 Å². The number of nitrogens with zero attached hydrogens (tertiary/aromatic N) is 1. The number of halogens is 1. The first-order chi connectivity index (χ1) is 16.6. The van der Waals surface area contributed by atoms with Crippen molar-refractivity contribution in [2.75, 3.05) is 22.7 Å². The lowest BCUT2D eigenvalue weighted by atomic mass is 10.1. The van der Waals surface area contributed by atoms with Crippen molar-refractivity contribution in [3.8, 4) is 0 Å². The van der Waals surface area contributed by atoms with Gasteiger partial charge in [-0.3, -0.25) is 13.9 Å². The zero-order valence-corrected chi connectivity index (χ0v) is 22.2. The number of carbonyl (C=O) groups is 2. The Hall–Kier alpha value is -3.17. The van der Waals surface area contributed by atoms with Crippen molar-refractivity contribution in [2.24, 2.45) is 5.92 Å². The van der Waals surface area contributed by atoms with E-state index >= 15 is 0 Å². The minimum Gasteiger partial charge on any atom is -0.352 e. The predicted molar refractivity (Wildman–Crippen MR) is 142 cm³/mol. The maximum Gasteiger partial charge on any atom is 0.264 e. The molecule has 0 aliphatic carbocycles. The first kappa shape index (κ1) is 26.4. The van der Waals surface area contributed by atoms with Gasteiger partial charge in [-0.15, -0.1) is 0 Å². The lowest BCUT2D eigenvalue weighted by Crippen LogP contribution is -2.38. The molecule has 9 heteroatoms. The molecule has 0 saturated carbocycles. The summed E-state index contributed by atoms with van der Waals surface area (Å²) in [5.41, 5.74) is 1.86. The summed E-state index contributed by atoms with van der Waals surface area (Å²) < 4.78 is 28.8. The van der Waals surface area contributed by atoms with E-state index in [4.69, 9.17) is 0 Å². The molecule has 0 atom stereocenters. The Morgan fingerprint density at radius 1 is 0.971 bits per heavy atom. The summed E-state index contributed by atoms with van der Waals surface area (Å²) in [5.74, 6) is -0.623. The Bertz CT molecular complexity index is 1310. The highest BCUT2D eigenvalue weighted by molar-refractivity contribution is 9.10. The van der Waals surface area contributed by atoms with Crippen LogP contribution >= 0.6 is 15.9 Å². The van der Waals surface area contributed by atoms with Gasteiger partial charge in [-0.1, -0.05) is 65.7 Å². The number of anilines is 2. The highest BCUT2D eigenvalue weighted by Gasteiger charge is 2.28. The molecular weight excluding hydrogens is 530 g/mol. The van der Waals surface area contributed by atoms with Crippen LogP contribution in [0.5, 0.6) is 0 Å². The molecule has 0 aliphatic heterocycles. The van der Waals surface area contributed by atoms with E-state index < -0.39 is 22.5 Å². The molecule has 0 spiro atoms. The topological polar surface area (TPSA) is 95.6 Å². The third kappa shape index (κ3) is 6.93. The molecule has 3 aromatic carbocycles. The Balaban J connectivity index is 1.90. The van der Waals surface area contributed by atoms with E-state index in [2.05, 4.69) is 26.6 Å². The van der Waals surface area contributed by atoms with E-state index in [0.717, 1.165) is 9.87 Å². The van der Waals surface area contributed by atoms with E-state index in [1.807, 2.05) is 20.8 Å². The van der Waals surface area contributed by atoms with Crippen LogP contribution in [0.3, 0.4) is 0 Å². The summed E-state index contributed by atoms with van der Waals surface area (Å²) in [7, 11) is -4.05. The van der Waals surface area contributed by atoms with E-state index in [9.17, 15) is 18.0 Å². The first-order valence-corrected chi connectivity index (χ1v) is 13.3. The van der Waals surface area contributed by atoms with Gasteiger partial charge >= 0.3 is 0 Å². The van der Waals surface area contributed by atoms with Gasteiger partial charge in [0.1, 0.15) is 6.54 Å². The molecule has 0 aliphatic rings. The molecule has 0 saturated heterocycles. The quantitative estimate of drug-likeness (QED) is 0.388. The summed E-state index contributed by atoms with van der Waals surface area (Å²) in [6.07, 6.45) is 0. The van der Waals surface area contributed by atoms with E-state index in [1.165, 1.54) is 12.1 Å². The molecule has 0 unspecified atom stereocenters. The van der Waals surface area contributed by atoms with Crippen molar-refractivity contribution in [2.45, 2.75) is 25.7 Å². The largest absolute Gasteiger partial charge is 0.352 e. The van der Waals surface area contributed by atoms with Gasteiger partial charge in [0.25, 0.3) is 15.9 Å². The number of hydrogen-bond donors (Lipinski definition) is 2. The van der Waals surface area contributed by atoms with Crippen LogP contribution < -0.4 is 14.9 Å². The predicted octanol–water partition coefficient (Wildman–Crippen LogP) is 4.98. The fourth-order valence-corrected chi connectivity index (χ4v) is 5.09. The SMILES string of the molecule is Cc1ccc(S(=O)(=O)N(CC(=O)Nc2ccccc2C(=O)NCC(C)C)c2cccc(Br)c2)cc1. The van der Waals surface area contributed by atoms with Gasteiger partial charge in [0.15, 0.2) is 0 Å². The fraction of sp³-hybridized carbons (Fsp3) is 0.231. The number of nitrogens with one attached hydrogen (secondary N) is 2. The monoisotopic (exact) mass is 557 g/mol. The molecule has 0 bridgehead atoms. The number of amides is 2. The van der Waals surface area contributed by atoms with Gasteiger partial charge in [-0.2, -0.15) is 0 Å². The maximum atomic E-state index is 13.5. The summed E-state index contributed by atoms with van der Waals surface area (Å²) in [4.78, 5) is 25.8. The van der Waals surface area contributed by atoms with E-state index in [1.54, 1.807) is 60.7 Å². The van der Waals surface area contributed by atoms with Crippen molar-refractivity contribution < 1.29 is 18.0 Å². The lowest BCUT2D eigenvalue weighted by molar-refractivity contribution is -0.114. The Labute approximate surface area is 214 Å². The number of rotatable bonds is 9. The molecular formula is C26H28BrN3O4S. The minimum absolute atomic E-state index is 0.0735. The van der Waals surface area contributed by atoms with Crippen LogP contribution in [0.1, 0.15) is 29.8 Å². The zero-order valence-electron chi connectivity index (χ0n) is 19.8. The van der Waals surface area contributed by atoms with Crippen LogP contribution in [0.4, 0.5) is 11.4 Å². The average molecular weight is 558 g/mol. The molecule has 184 valence electrons. The first-order valence-electron chi connectivity index (χ1n) is 11.1. The highest BCUT2D eigenvalue weighted by Crippen LogP contribution is 2.27. The van der Waals surface area contributed by atoms with Crippen LogP contribution in [0.15, 0.2) is 82.2 Å². The van der Waals surface area contributed by atoms with E-state index in [0.29, 0.717) is 28.0 Å². The Morgan fingerprint density at radius 3 is 2.31 bits per heavy atom. The molecule has 0 radical (unpaired) electrons. The molecule has 2 amide bonds. The van der Waals surface area contributed by atoms with Crippen molar-refractivity contribution in [3.05, 3.63) is 88.4 Å². The number of aryl methyl sites for hydroxylation is 1. The van der Waals surface area contributed by atoms with Crippen molar-refractivity contribution in [1.82, 2.24) is 5.32 Å². The standard InChI is InChI=1S/C26H28BrN3O4S/c1-18(2)16-28-26(32)23-9-4-5-10-24(23)29-25(31)17-30(21-8-6-7-20(27)15-21)35(33,34)22-13-11-19(3)12-14-22/h4-15,18H,16-17H2,1-3H3,(H,28,32)(H,29,31). The van der Waals surface area contributed by atoms with Gasteiger partial charge in [0.2, 0.25) is 5.91 Å². The van der Waals surface area contributed by atoms with Crippen LogP contribution in [-0.2, 0) is 14.8 Å². The fourth-order valence-electron chi connectivity index (χ4n) is 3.29. The van der Waals surface area contributed by atoms with Crippen molar-refractivity contribution in [3.63, 3.8) is 0 Å². The van der Waals surface area contributed by atoms with Crippen LogP contribution in [0, 0.1) is 12.8 Å². The molecule has 0 aromatic heterocycles. The Kier molecular flexibility index (Phi) is 8.69. The summed E-state index contributed by atoms with van der Waals surface area (Å²) >= 11 is 3.37. The molecule has 3 rings (SSSR count). The number of hydrogen-bond acceptors (Lipinski definition) is 4. The van der Waals surface area contributed by atoms with Gasteiger partial charge in [-0.05, 0) is 55.3 Å². The van der Waals surface area contributed by atoms with Crippen molar-refractivity contribution in [1.29, 1.82) is 0 Å². The van der Waals surface area contributed by atoms with Crippen molar-refractivity contribution >= 4 is 49.1 Å². The summed E-state index contributed by atoms with van der Waals surface area (Å²) in [6, 6.07) is 19.8. The van der Waals surface area contributed by atoms with Gasteiger partial charge in [0.05, 0.1) is 21.8 Å². The van der Waals surface area contributed by atoms with Gasteiger partial charge in [0, 0.05) is 11.0 Å². The molecule has 2 N–H and O–H groups in total. The highest BCUT2D eigenvalue weighted by atomic mass is 79.9. The van der Waals surface area contributed by atoms with Crippen LogP contribution in [-0.4, -0.2) is 33.3 Å². The third-order valence-electron chi connectivity index (χ3n) is 5.11. The molecule has 7 nitrogen and oxygen atoms in total. The third-order valence-corrected chi connectivity index (χ3v) is 7.39. The van der Waals surface area contributed by atoms with Gasteiger partial charge < -0.3 is 10.6 Å². The molecule has 0 fully saturated rings. The molecule has 35 heavy (non-hydrogen) atoms. The number of sulfonamides is 1. The molecule has 0 heterocycles. The zero-order chi connectivity index (χ0) is 25.6. The smallest absolute Gasteiger partial charge is 0.264 e. The Morgan fingerprint density at radius 2 is 1.66 bits per heavy atom.